The fourth-order valence-corrected chi connectivity index (χ4v) is 3.59. The van der Waals surface area contributed by atoms with E-state index in [9.17, 15) is 4.79 Å². The zero-order valence-electron chi connectivity index (χ0n) is 12.2. The van der Waals surface area contributed by atoms with E-state index in [1.54, 1.807) is 0 Å². The Morgan fingerprint density at radius 3 is 2.45 bits per heavy atom. The van der Waals surface area contributed by atoms with E-state index in [0.29, 0.717) is 6.61 Å². The molecule has 2 aliphatic rings. The van der Waals surface area contributed by atoms with E-state index in [1.807, 2.05) is 35.2 Å². The van der Waals surface area contributed by atoms with Crippen LogP contribution in [0.5, 0.6) is 0 Å². The minimum absolute atomic E-state index is 0.123. The summed E-state index contributed by atoms with van der Waals surface area (Å²) in [7, 11) is 0. The SMILES string of the molecule is CC1COC2(CCCCCC2)N1C(=O)c1ccccc1. The molecular weight excluding hydrogens is 250 g/mol. The predicted molar refractivity (Wildman–Crippen MR) is 78.5 cm³/mol. The summed E-state index contributed by atoms with van der Waals surface area (Å²) in [6.45, 7) is 2.76. The maximum atomic E-state index is 12.9. The molecule has 3 heteroatoms. The molecule has 1 heterocycles. The molecule has 1 atom stereocenters. The third kappa shape index (κ3) is 2.35. The average Bonchev–Trinajstić information content (AvgIpc) is 2.65. The molecule has 20 heavy (non-hydrogen) atoms. The van der Waals surface area contributed by atoms with Crippen LogP contribution in [0.3, 0.4) is 0 Å². The average molecular weight is 273 g/mol. The maximum Gasteiger partial charge on any atom is 0.256 e. The molecule has 2 fully saturated rings. The van der Waals surface area contributed by atoms with Gasteiger partial charge in [0, 0.05) is 5.56 Å². The van der Waals surface area contributed by atoms with Gasteiger partial charge in [0.05, 0.1) is 12.6 Å². The van der Waals surface area contributed by atoms with E-state index in [4.69, 9.17) is 4.74 Å². The predicted octanol–water partition coefficient (Wildman–Crippen LogP) is 3.60. The first-order chi connectivity index (χ1) is 9.73. The Balaban J connectivity index is 1.90. The first kappa shape index (κ1) is 13.6. The lowest BCUT2D eigenvalue weighted by molar-refractivity contribution is -0.0799. The highest BCUT2D eigenvalue weighted by atomic mass is 16.5. The van der Waals surface area contributed by atoms with Crippen LogP contribution in [0.1, 0.15) is 55.8 Å². The lowest BCUT2D eigenvalue weighted by atomic mass is 10.0. The number of nitrogens with zero attached hydrogens (tertiary/aromatic N) is 1. The topological polar surface area (TPSA) is 29.5 Å². The number of hydrogen-bond donors (Lipinski definition) is 0. The van der Waals surface area contributed by atoms with Crippen LogP contribution >= 0.6 is 0 Å². The molecule has 0 radical (unpaired) electrons. The van der Waals surface area contributed by atoms with Gasteiger partial charge in [-0.2, -0.15) is 0 Å². The quantitative estimate of drug-likeness (QED) is 0.782. The van der Waals surface area contributed by atoms with Crippen molar-refractivity contribution in [2.45, 2.75) is 57.2 Å². The highest BCUT2D eigenvalue weighted by molar-refractivity contribution is 5.95. The van der Waals surface area contributed by atoms with Gasteiger partial charge in [0.2, 0.25) is 0 Å². The van der Waals surface area contributed by atoms with Crippen LogP contribution in [0.15, 0.2) is 30.3 Å². The molecule has 0 bridgehead atoms. The maximum absolute atomic E-state index is 12.9. The normalized spacial score (nSPS) is 25.6. The molecule has 1 amide bonds. The number of benzene rings is 1. The molecule has 0 N–H and O–H groups in total. The fourth-order valence-electron chi connectivity index (χ4n) is 3.59. The first-order valence-electron chi connectivity index (χ1n) is 7.76. The zero-order valence-corrected chi connectivity index (χ0v) is 12.2. The molecule has 108 valence electrons. The molecule has 3 rings (SSSR count). The minimum atomic E-state index is -0.344. The van der Waals surface area contributed by atoms with E-state index < -0.39 is 0 Å². The van der Waals surface area contributed by atoms with Gasteiger partial charge in [-0.15, -0.1) is 0 Å². The van der Waals surface area contributed by atoms with Crippen molar-refractivity contribution in [1.29, 1.82) is 0 Å². The van der Waals surface area contributed by atoms with Crippen molar-refractivity contribution in [1.82, 2.24) is 4.90 Å². The number of hydrogen-bond acceptors (Lipinski definition) is 2. The Labute approximate surface area is 120 Å². The molecule has 3 nitrogen and oxygen atoms in total. The van der Waals surface area contributed by atoms with Gasteiger partial charge in [-0.3, -0.25) is 4.79 Å². The van der Waals surface area contributed by atoms with Gasteiger partial charge >= 0.3 is 0 Å². The molecule has 1 saturated heterocycles. The Morgan fingerprint density at radius 1 is 1.15 bits per heavy atom. The number of carbonyl (C=O) groups excluding carboxylic acids is 1. The molecule has 1 aliphatic carbocycles. The lowest BCUT2D eigenvalue weighted by Crippen LogP contribution is -2.50. The summed E-state index contributed by atoms with van der Waals surface area (Å²) in [4.78, 5) is 14.9. The largest absolute Gasteiger partial charge is 0.353 e. The lowest BCUT2D eigenvalue weighted by Gasteiger charge is -2.38. The van der Waals surface area contributed by atoms with Gasteiger partial charge in [-0.25, -0.2) is 0 Å². The van der Waals surface area contributed by atoms with E-state index in [-0.39, 0.29) is 17.7 Å². The summed E-state index contributed by atoms with van der Waals surface area (Å²) in [5, 5.41) is 0. The number of ether oxygens (including phenoxy) is 1. The number of amides is 1. The second-order valence-corrected chi connectivity index (χ2v) is 6.06. The van der Waals surface area contributed by atoms with Gasteiger partial charge in [-0.05, 0) is 44.7 Å². The van der Waals surface area contributed by atoms with Gasteiger partial charge in [0.25, 0.3) is 5.91 Å². The highest BCUT2D eigenvalue weighted by Crippen LogP contribution is 2.40. The number of rotatable bonds is 1. The van der Waals surface area contributed by atoms with Gasteiger partial charge in [0.15, 0.2) is 0 Å². The Bertz CT molecular complexity index is 463. The molecule has 1 aliphatic heterocycles. The van der Waals surface area contributed by atoms with E-state index >= 15 is 0 Å². The Kier molecular flexibility index (Phi) is 3.79. The van der Waals surface area contributed by atoms with Crippen molar-refractivity contribution >= 4 is 5.91 Å². The van der Waals surface area contributed by atoms with Crippen molar-refractivity contribution in [2.24, 2.45) is 0 Å². The summed E-state index contributed by atoms with van der Waals surface area (Å²) in [6, 6.07) is 9.77. The second-order valence-electron chi connectivity index (χ2n) is 6.06. The van der Waals surface area contributed by atoms with Crippen molar-refractivity contribution in [3.05, 3.63) is 35.9 Å². The van der Waals surface area contributed by atoms with Crippen LogP contribution in [0.4, 0.5) is 0 Å². The summed E-state index contributed by atoms with van der Waals surface area (Å²) < 4.78 is 6.13. The van der Waals surface area contributed by atoms with Crippen molar-refractivity contribution in [3.63, 3.8) is 0 Å². The van der Waals surface area contributed by atoms with Crippen molar-refractivity contribution < 1.29 is 9.53 Å². The van der Waals surface area contributed by atoms with Gasteiger partial charge in [-0.1, -0.05) is 31.0 Å². The zero-order chi connectivity index (χ0) is 14.0. The van der Waals surface area contributed by atoms with Gasteiger partial charge in [0.1, 0.15) is 5.72 Å². The molecular formula is C17H23NO2. The van der Waals surface area contributed by atoms with Crippen LogP contribution in [-0.4, -0.2) is 29.2 Å². The molecule has 1 spiro atoms. The molecule has 1 unspecified atom stereocenters. The number of carbonyl (C=O) groups is 1. The molecule has 1 aromatic rings. The summed E-state index contributed by atoms with van der Waals surface area (Å²) in [5.41, 5.74) is 0.427. The van der Waals surface area contributed by atoms with Crippen LogP contribution in [0.2, 0.25) is 0 Å². The highest BCUT2D eigenvalue weighted by Gasteiger charge is 2.48. The minimum Gasteiger partial charge on any atom is -0.353 e. The summed E-state index contributed by atoms with van der Waals surface area (Å²) >= 11 is 0. The molecule has 1 aromatic carbocycles. The standard InChI is InChI=1S/C17H23NO2/c1-14-13-20-17(11-7-2-3-8-12-17)18(14)16(19)15-9-5-4-6-10-15/h4-6,9-10,14H,2-3,7-8,11-13H2,1H3. The van der Waals surface area contributed by atoms with Crippen LogP contribution < -0.4 is 0 Å². The van der Waals surface area contributed by atoms with E-state index in [1.165, 1.54) is 12.8 Å². The Morgan fingerprint density at radius 2 is 1.80 bits per heavy atom. The van der Waals surface area contributed by atoms with Crippen LogP contribution in [0, 0.1) is 0 Å². The van der Waals surface area contributed by atoms with Crippen molar-refractivity contribution in [3.8, 4) is 0 Å². The summed E-state index contributed by atoms with van der Waals surface area (Å²) in [5.74, 6) is 0.123. The van der Waals surface area contributed by atoms with E-state index in [2.05, 4.69) is 6.92 Å². The van der Waals surface area contributed by atoms with Crippen LogP contribution in [-0.2, 0) is 4.74 Å². The molecule has 0 aromatic heterocycles. The monoisotopic (exact) mass is 273 g/mol. The van der Waals surface area contributed by atoms with Crippen molar-refractivity contribution in [2.75, 3.05) is 6.61 Å². The second kappa shape index (κ2) is 5.57. The first-order valence-corrected chi connectivity index (χ1v) is 7.76. The van der Waals surface area contributed by atoms with E-state index in [0.717, 1.165) is 31.2 Å². The fraction of sp³-hybridized carbons (Fsp3) is 0.588. The van der Waals surface area contributed by atoms with Gasteiger partial charge < -0.3 is 9.64 Å². The smallest absolute Gasteiger partial charge is 0.256 e. The third-order valence-corrected chi connectivity index (χ3v) is 4.60. The Hall–Kier alpha value is -1.35. The van der Waals surface area contributed by atoms with Crippen LogP contribution in [0.25, 0.3) is 0 Å². The summed E-state index contributed by atoms with van der Waals surface area (Å²) in [6.07, 6.45) is 6.79. The molecule has 1 saturated carbocycles. The third-order valence-electron chi connectivity index (χ3n) is 4.60.